The molecule has 0 atom stereocenters. The number of hydrogen-bond acceptors (Lipinski definition) is 7. The number of nitrogens with zero attached hydrogens (tertiary/aromatic N) is 4. The van der Waals surface area contributed by atoms with Gasteiger partial charge >= 0.3 is 12.3 Å². The molecule has 0 radical (unpaired) electrons. The normalized spacial score (nSPS) is 16.0. The third-order valence-electron chi connectivity index (χ3n) is 6.40. The van der Waals surface area contributed by atoms with Crippen molar-refractivity contribution in [2.45, 2.75) is 31.1 Å². The second-order valence-electron chi connectivity index (χ2n) is 9.11. The highest BCUT2D eigenvalue weighted by Gasteiger charge is 2.42. The number of rotatable bonds is 8. The number of benzene rings is 2. The van der Waals surface area contributed by atoms with Gasteiger partial charge in [-0.1, -0.05) is 24.3 Å². The van der Waals surface area contributed by atoms with Gasteiger partial charge in [-0.05, 0) is 50.2 Å². The number of likely N-dealkylation sites (N-methyl/N-ethyl adjacent to an activating group) is 1. The van der Waals surface area contributed by atoms with Crippen LogP contribution in [0.1, 0.15) is 11.1 Å². The summed E-state index contributed by atoms with van der Waals surface area (Å²) >= 11 is 1.44. The van der Waals surface area contributed by atoms with Gasteiger partial charge < -0.3 is 9.91 Å². The summed E-state index contributed by atoms with van der Waals surface area (Å²) in [4.78, 5) is 7.50. The maximum absolute atomic E-state index is 13.2. The van der Waals surface area contributed by atoms with Gasteiger partial charge in [0.15, 0.2) is 0 Å². The molecule has 0 amide bonds. The van der Waals surface area contributed by atoms with Crippen LogP contribution >= 0.6 is 11.3 Å². The Balaban J connectivity index is 1.70. The maximum Gasteiger partial charge on any atom is 0.331 e. The smallest absolute Gasteiger partial charge is 0.308 e. The van der Waals surface area contributed by atoms with E-state index in [1.165, 1.54) is 35.6 Å². The molecule has 38 heavy (non-hydrogen) atoms. The number of halogens is 4. The van der Waals surface area contributed by atoms with Crippen LogP contribution in [-0.2, 0) is 14.3 Å². The fourth-order valence-electron chi connectivity index (χ4n) is 3.88. The predicted octanol–water partition coefficient (Wildman–Crippen LogP) is 4.55. The lowest BCUT2D eigenvalue weighted by Gasteiger charge is -2.35. The van der Waals surface area contributed by atoms with Crippen molar-refractivity contribution in [3.63, 3.8) is 0 Å². The van der Waals surface area contributed by atoms with Gasteiger partial charge in [-0.3, -0.25) is 4.18 Å². The van der Waals surface area contributed by atoms with Crippen LogP contribution in [0.5, 0.6) is 0 Å². The summed E-state index contributed by atoms with van der Waals surface area (Å²) in [6.45, 7) is 5.30. The number of piperazine rings is 1. The highest BCUT2D eigenvalue weighted by atomic mass is 32.2. The van der Waals surface area contributed by atoms with Crippen LogP contribution < -0.4 is 9.81 Å². The molecule has 1 saturated heterocycles. The van der Waals surface area contributed by atoms with E-state index in [2.05, 4.69) is 21.1 Å². The fraction of sp³-hybridized carbons (Fsp3) is 0.400. The molecule has 0 saturated carbocycles. The summed E-state index contributed by atoms with van der Waals surface area (Å²) < 4.78 is 82.0. The van der Waals surface area contributed by atoms with Crippen LogP contribution in [0.25, 0.3) is 11.3 Å². The molecule has 0 spiro atoms. The second-order valence-corrected chi connectivity index (χ2v) is 11.6. The zero-order chi connectivity index (χ0) is 27.7. The largest absolute Gasteiger partial charge is 0.331 e. The third-order valence-corrected chi connectivity index (χ3v) is 8.50. The van der Waals surface area contributed by atoms with Gasteiger partial charge in [0.05, 0.1) is 16.3 Å². The van der Waals surface area contributed by atoms with E-state index < -0.39 is 34.0 Å². The van der Waals surface area contributed by atoms with E-state index in [0.717, 1.165) is 53.5 Å². The van der Waals surface area contributed by atoms with Crippen molar-refractivity contribution in [2.24, 2.45) is 4.99 Å². The highest BCUT2D eigenvalue weighted by molar-refractivity contribution is 7.86. The van der Waals surface area contributed by atoms with E-state index in [0.29, 0.717) is 5.56 Å². The monoisotopic (exact) mass is 572 g/mol. The predicted molar refractivity (Wildman–Crippen MR) is 138 cm³/mol. The maximum atomic E-state index is 13.2. The van der Waals surface area contributed by atoms with Crippen molar-refractivity contribution in [1.82, 2.24) is 9.58 Å². The Labute approximate surface area is 222 Å². The van der Waals surface area contributed by atoms with Gasteiger partial charge in [0.1, 0.15) is 6.61 Å². The Morgan fingerprint density at radius 3 is 2.34 bits per heavy atom. The van der Waals surface area contributed by atoms with Crippen molar-refractivity contribution in [3.8, 4) is 11.3 Å². The molecule has 7 nitrogen and oxygen atoms in total. The summed E-state index contributed by atoms with van der Waals surface area (Å²) in [6, 6.07) is 11.4. The Hall–Kier alpha value is -2.74. The average molecular weight is 573 g/mol. The molecule has 0 bridgehead atoms. The van der Waals surface area contributed by atoms with Gasteiger partial charge in [0.25, 0.3) is 10.1 Å². The molecule has 1 aliphatic rings. The first-order valence-electron chi connectivity index (χ1n) is 11.8. The van der Waals surface area contributed by atoms with E-state index in [9.17, 15) is 26.0 Å². The molecule has 4 rings (SSSR count). The van der Waals surface area contributed by atoms with Gasteiger partial charge in [-0.25, -0.2) is 18.4 Å². The molecular weight excluding hydrogens is 544 g/mol. The molecule has 1 fully saturated rings. The zero-order valence-electron chi connectivity index (χ0n) is 21.1. The summed E-state index contributed by atoms with van der Waals surface area (Å²) in [5.41, 5.74) is 4.48. The Kier molecular flexibility index (Phi) is 8.31. The topological polar surface area (TPSA) is 67.1 Å². The second kappa shape index (κ2) is 11.2. The summed E-state index contributed by atoms with van der Waals surface area (Å²) in [5, 5.41) is 4.10. The van der Waals surface area contributed by atoms with Crippen LogP contribution in [0.2, 0.25) is 0 Å². The first kappa shape index (κ1) is 28.3. The van der Waals surface area contributed by atoms with Gasteiger partial charge in [-0.2, -0.15) is 17.2 Å². The Bertz CT molecular complexity index is 1450. The number of aryl methyl sites for hydroxylation is 1. The molecule has 2 aromatic carbocycles. The van der Waals surface area contributed by atoms with E-state index in [1.54, 1.807) is 0 Å². The van der Waals surface area contributed by atoms with Crippen molar-refractivity contribution < 1.29 is 30.2 Å². The van der Waals surface area contributed by atoms with Gasteiger partial charge in [0, 0.05) is 37.1 Å². The highest BCUT2D eigenvalue weighted by Crippen LogP contribution is 2.28. The van der Waals surface area contributed by atoms with Crippen molar-refractivity contribution >= 4 is 27.1 Å². The lowest BCUT2D eigenvalue weighted by molar-refractivity contribution is -0.147. The lowest BCUT2D eigenvalue weighted by atomic mass is 10.1. The fourth-order valence-corrected chi connectivity index (χ4v) is 5.72. The average Bonchev–Trinajstić information content (AvgIpc) is 3.29. The van der Waals surface area contributed by atoms with E-state index in [1.807, 2.05) is 42.1 Å². The molecule has 1 aliphatic heterocycles. The Morgan fingerprint density at radius 1 is 1.05 bits per heavy atom. The van der Waals surface area contributed by atoms with Crippen LogP contribution in [-0.4, -0.2) is 70.2 Å². The number of hydrogen-bond donors (Lipinski definition) is 0. The zero-order valence-corrected chi connectivity index (χ0v) is 22.7. The van der Waals surface area contributed by atoms with Gasteiger partial charge in [-0.15, -0.1) is 11.3 Å². The molecule has 0 unspecified atom stereocenters. The molecular formula is C25H28F4N4O3S2. The standard InChI is InChI=1S/C25H28F4N4O3S2/c1-17-5-4-6-21(18(17)2)30-24-33(32-13-11-31(3)12-14-32)22(15-37-24)19-7-9-20(10-8-19)38(34,35)36-16-25(28,29)23(26)27/h4-10,15,23H,11-14,16H2,1-3H3. The third kappa shape index (κ3) is 6.11. The van der Waals surface area contributed by atoms with E-state index >= 15 is 0 Å². The molecule has 13 heteroatoms. The molecule has 0 N–H and O–H groups in total. The number of thiazole rings is 1. The van der Waals surface area contributed by atoms with Crippen molar-refractivity contribution in [3.05, 3.63) is 63.8 Å². The number of aromatic nitrogens is 1. The minimum atomic E-state index is -4.66. The summed E-state index contributed by atoms with van der Waals surface area (Å²) in [5.74, 6) is -4.58. The van der Waals surface area contributed by atoms with E-state index in [-0.39, 0.29) is 0 Å². The van der Waals surface area contributed by atoms with Crippen molar-refractivity contribution in [2.75, 3.05) is 44.8 Å². The lowest BCUT2D eigenvalue weighted by Crippen LogP contribution is -2.52. The summed E-state index contributed by atoms with van der Waals surface area (Å²) in [7, 11) is -2.61. The number of alkyl halides is 4. The quantitative estimate of drug-likeness (QED) is 0.293. The minimum absolute atomic E-state index is 0.409. The van der Waals surface area contributed by atoms with Crippen LogP contribution in [0.15, 0.2) is 57.7 Å². The first-order valence-corrected chi connectivity index (χ1v) is 14.1. The van der Waals surface area contributed by atoms with Crippen LogP contribution in [0.3, 0.4) is 0 Å². The summed E-state index contributed by atoms with van der Waals surface area (Å²) in [6.07, 6.45) is -4.04. The van der Waals surface area contributed by atoms with Crippen LogP contribution in [0.4, 0.5) is 23.2 Å². The Morgan fingerprint density at radius 2 is 1.71 bits per heavy atom. The molecule has 0 aliphatic carbocycles. The van der Waals surface area contributed by atoms with Crippen LogP contribution in [0, 0.1) is 13.8 Å². The molecule has 3 aromatic rings. The molecule has 1 aromatic heterocycles. The van der Waals surface area contributed by atoms with E-state index in [4.69, 9.17) is 4.99 Å². The SMILES string of the molecule is Cc1cccc(N=c2scc(-c3ccc(S(=O)(=O)OCC(F)(F)C(F)F)cc3)n2N2CCN(C)CC2)c1C. The molecule has 206 valence electrons. The molecule has 2 heterocycles. The minimum Gasteiger partial charge on any atom is -0.308 e. The first-order chi connectivity index (χ1) is 17.9. The van der Waals surface area contributed by atoms with Gasteiger partial charge in [0.2, 0.25) is 4.80 Å². The van der Waals surface area contributed by atoms with Crippen molar-refractivity contribution in [1.29, 1.82) is 0 Å².